The third-order valence-electron chi connectivity index (χ3n) is 6.75. The average Bonchev–Trinajstić information content (AvgIpc) is 3.52. The van der Waals surface area contributed by atoms with Gasteiger partial charge in [-0.2, -0.15) is 0 Å². The second-order valence-electron chi connectivity index (χ2n) is 8.78. The van der Waals surface area contributed by atoms with Gasteiger partial charge in [-0.3, -0.25) is 10.1 Å². The first-order chi connectivity index (χ1) is 17.2. The van der Waals surface area contributed by atoms with Crippen molar-refractivity contribution < 1.29 is 18.7 Å². The van der Waals surface area contributed by atoms with Crippen LogP contribution in [0.5, 0.6) is 0 Å². The fourth-order valence-corrected chi connectivity index (χ4v) is 5.15. The molecule has 4 aromatic rings. The summed E-state index contributed by atoms with van der Waals surface area (Å²) in [6.07, 6.45) is 0.606. The van der Waals surface area contributed by atoms with Gasteiger partial charge in [-0.1, -0.05) is 41.7 Å². The van der Waals surface area contributed by atoms with Gasteiger partial charge in [0.25, 0.3) is 5.91 Å². The predicted octanol–water partition coefficient (Wildman–Crippen LogP) is 6.97. The minimum absolute atomic E-state index is 0.190. The van der Waals surface area contributed by atoms with E-state index in [1.165, 1.54) is 33.4 Å². The van der Waals surface area contributed by atoms with Crippen LogP contribution in [0.2, 0.25) is 0 Å². The minimum atomic E-state index is -0.468. The van der Waals surface area contributed by atoms with Crippen molar-refractivity contribution in [1.29, 1.82) is 0 Å². The molecule has 0 bridgehead atoms. The van der Waals surface area contributed by atoms with Gasteiger partial charge in [0.05, 0.1) is 12.3 Å². The van der Waals surface area contributed by atoms with Crippen molar-refractivity contribution in [3.63, 3.8) is 0 Å². The van der Waals surface area contributed by atoms with Crippen LogP contribution >= 0.6 is 11.3 Å². The van der Waals surface area contributed by atoms with Crippen molar-refractivity contribution in [3.8, 4) is 11.3 Å². The van der Waals surface area contributed by atoms with Gasteiger partial charge in [0.15, 0.2) is 10.9 Å². The molecule has 1 N–H and O–H groups in total. The van der Waals surface area contributed by atoms with Gasteiger partial charge in [-0.15, -0.1) is 0 Å². The lowest BCUT2D eigenvalue weighted by Crippen LogP contribution is -2.10. The second-order valence-corrected chi connectivity index (χ2v) is 9.78. The first-order valence-corrected chi connectivity index (χ1v) is 12.7. The van der Waals surface area contributed by atoms with Crippen molar-refractivity contribution in [2.75, 3.05) is 11.9 Å². The molecule has 1 amide bonds. The summed E-state index contributed by atoms with van der Waals surface area (Å²) >= 11 is 1.08. The summed E-state index contributed by atoms with van der Waals surface area (Å²) in [5.74, 6) is 0.0131. The van der Waals surface area contributed by atoms with Gasteiger partial charge >= 0.3 is 5.97 Å². The molecule has 6 nitrogen and oxygen atoms in total. The number of aromatic nitrogens is 1. The SMILES string of the molecule is CCOC(=O)c1sc(NC(=O)c2ccc(Cc3c(C)c(C)c(C)c(C)c3C)o2)nc1-c1ccccc1. The van der Waals surface area contributed by atoms with E-state index in [9.17, 15) is 9.59 Å². The number of anilines is 1. The topological polar surface area (TPSA) is 81.4 Å². The van der Waals surface area contributed by atoms with E-state index in [1.807, 2.05) is 36.4 Å². The van der Waals surface area contributed by atoms with Crippen LogP contribution in [-0.2, 0) is 11.2 Å². The van der Waals surface area contributed by atoms with E-state index in [1.54, 1.807) is 13.0 Å². The number of hydrogen-bond donors (Lipinski definition) is 1. The van der Waals surface area contributed by atoms with Crippen LogP contribution in [0.4, 0.5) is 5.13 Å². The molecule has 2 aromatic heterocycles. The molecule has 36 heavy (non-hydrogen) atoms. The molecule has 0 atom stereocenters. The van der Waals surface area contributed by atoms with E-state index in [0.29, 0.717) is 27.9 Å². The molecule has 0 saturated heterocycles. The Morgan fingerprint density at radius 3 is 2.19 bits per heavy atom. The van der Waals surface area contributed by atoms with E-state index in [-0.39, 0.29) is 12.4 Å². The fraction of sp³-hybridized carbons (Fsp3) is 0.276. The van der Waals surface area contributed by atoms with E-state index in [4.69, 9.17) is 9.15 Å². The number of nitrogens with zero attached hydrogens (tertiary/aromatic N) is 1. The summed E-state index contributed by atoms with van der Waals surface area (Å²) in [7, 11) is 0. The smallest absolute Gasteiger partial charge is 0.350 e. The predicted molar refractivity (Wildman–Crippen MR) is 143 cm³/mol. The quantitative estimate of drug-likeness (QED) is 0.276. The Balaban J connectivity index is 1.57. The summed E-state index contributed by atoms with van der Waals surface area (Å²) < 4.78 is 11.1. The largest absolute Gasteiger partial charge is 0.462 e. The molecular weight excluding hydrogens is 472 g/mol. The van der Waals surface area contributed by atoms with Gasteiger partial charge in [-0.05, 0) is 87.1 Å². The summed E-state index contributed by atoms with van der Waals surface area (Å²) in [5.41, 5.74) is 8.86. The van der Waals surface area contributed by atoms with Crippen LogP contribution in [0, 0.1) is 34.6 Å². The number of hydrogen-bond acceptors (Lipinski definition) is 6. The molecule has 0 aliphatic rings. The third kappa shape index (κ3) is 4.97. The van der Waals surface area contributed by atoms with Crippen LogP contribution < -0.4 is 5.32 Å². The number of furan rings is 1. The molecule has 0 saturated carbocycles. The first-order valence-electron chi connectivity index (χ1n) is 11.9. The molecule has 2 aromatic carbocycles. The van der Waals surface area contributed by atoms with Gasteiger partial charge < -0.3 is 9.15 Å². The number of carbonyl (C=O) groups is 2. The Kier molecular flexibility index (Phi) is 7.40. The molecule has 7 heteroatoms. The molecule has 0 radical (unpaired) electrons. The molecule has 0 unspecified atom stereocenters. The fourth-order valence-electron chi connectivity index (χ4n) is 4.27. The number of thiazole rings is 1. The van der Waals surface area contributed by atoms with Crippen molar-refractivity contribution in [2.24, 2.45) is 0 Å². The highest BCUT2D eigenvalue weighted by Crippen LogP contribution is 2.32. The van der Waals surface area contributed by atoms with Gasteiger partial charge in [-0.25, -0.2) is 9.78 Å². The Morgan fingerprint density at radius 1 is 0.917 bits per heavy atom. The number of esters is 1. The molecule has 0 spiro atoms. The number of nitrogens with one attached hydrogen (secondary N) is 1. The third-order valence-corrected chi connectivity index (χ3v) is 7.70. The van der Waals surface area contributed by atoms with E-state index in [0.717, 1.165) is 16.9 Å². The zero-order valence-electron chi connectivity index (χ0n) is 21.4. The molecule has 2 heterocycles. The van der Waals surface area contributed by atoms with E-state index in [2.05, 4.69) is 44.9 Å². The van der Waals surface area contributed by atoms with Gasteiger partial charge in [0.1, 0.15) is 10.6 Å². The Labute approximate surface area is 215 Å². The summed E-state index contributed by atoms with van der Waals surface area (Å²) in [4.78, 5) is 30.4. The van der Waals surface area contributed by atoms with Crippen LogP contribution in [0.1, 0.15) is 66.3 Å². The van der Waals surface area contributed by atoms with E-state index < -0.39 is 11.9 Å². The lowest BCUT2D eigenvalue weighted by atomic mass is 9.88. The molecule has 4 rings (SSSR count). The Morgan fingerprint density at radius 2 is 1.56 bits per heavy atom. The zero-order chi connectivity index (χ0) is 26.0. The lowest BCUT2D eigenvalue weighted by molar-refractivity contribution is 0.0532. The molecular formula is C29H30N2O4S. The van der Waals surface area contributed by atoms with Crippen LogP contribution in [0.25, 0.3) is 11.3 Å². The van der Waals surface area contributed by atoms with Crippen molar-refractivity contribution >= 4 is 28.3 Å². The number of benzene rings is 2. The molecule has 0 aliphatic carbocycles. The molecule has 186 valence electrons. The highest BCUT2D eigenvalue weighted by molar-refractivity contribution is 7.18. The number of amides is 1. The highest BCUT2D eigenvalue weighted by Gasteiger charge is 2.23. The van der Waals surface area contributed by atoms with Crippen molar-refractivity contribution in [1.82, 2.24) is 4.98 Å². The number of ether oxygens (including phenoxy) is 1. The Hall–Kier alpha value is -3.71. The van der Waals surface area contributed by atoms with Crippen LogP contribution in [0.15, 0.2) is 46.9 Å². The van der Waals surface area contributed by atoms with Gasteiger partial charge in [0, 0.05) is 12.0 Å². The lowest BCUT2D eigenvalue weighted by Gasteiger charge is -2.18. The zero-order valence-corrected chi connectivity index (χ0v) is 22.3. The summed E-state index contributed by atoms with van der Waals surface area (Å²) in [5, 5.41) is 3.08. The Bertz CT molecular complexity index is 1400. The molecule has 0 aliphatic heterocycles. The summed E-state index contributed by atoms with van der Waals surface area (Å²) in [6.45, 7) is 12.7. The number of rotatable bonds is 7. The van der Waals surface area contributed by atoms with Crippen molar-refractivity contribution in [3.05, 3.63) is 92.2 Å². The maximum absolute atomic E-state index is 13.0. The van der Waals surface area contributed by atoms with Gasteiger partial charge in [0.2, 0.25) is 0 Å². The van der Waals surface area contributed by atoms with Crippen LogP contribution in [0.3, 0.4) is 0 Å². The molecule has 0 fully saturated rings. The van der Waals surface area contributed by atoms with Crippen molar-refractivity contribution in [2.45, 2.75) is 48.0 Å². The average molecular weight is 503 g/mol. The van der Waals surface area contributed by atoms with Crippen LogP contribution in [-0.4, -0.2) is 23.5 Å². The van der Waals surface area contributed by atoms with E-state index >= 15 is 0 Å². The standard InChI is InChI=1S/C29H30N2O4S/c1-7-34-28(33)26-25(21-11-9-8-10-12-21)30-29(36-26)31-27(32)24-14-13-22(35-24)15-23-19(5)17(3)16(2)18(4)20(23)6/h8-14H,7,15H2,1-6H3,(H,30,31,32). The second kappa shape index (κ2) is 10.5. The normalized spacial score (nSPS) is 10.9. The monoisotopic (exact) mass is 502 g/mol. The number of carbonyl (C=O) groups excluding carboxylic acids is 2. The highest BCUT2D eigenvalue weighted by atomic mass is 32.1. The maximum Gasteiger partial charge on any atom is 0.350 e. The summed E-state index contributed by atoms with van der Waals surface area (Å²) in [6, 6.07) is 12.8. The first kappa shape index (κ1) is 25.4. The minimum Gasteiger partial charge on any atom is -0.462 e. The maximum atomic E-state index is 13.0.